The number of rotatable bonds is 5. The molecule has 2 aliphatic rings. The summed E-state index contributed by atoms with van der Waals surface area (Å²) in [7, 11) is 0. The van der Waals surface area contributed by atoms with Gasteiger partial charge in [-0.25, -0.2) is 0 Å². The van der Waals surface area contributed by atoms with Crippen molar-refractivity contribution in [2.24, 2.45) is 17.6 Å². The van der Waals surface area contributed by atoms with E-state index in [2.05, 4.69) is 5.32 Å². The van der Waals surface area contributed by atoms with E-state index < -0.39 is 0 Å². The molecule has 2 fully saturated rings. The summed E-state index contributed by atoms with van der Waals surface area (Å²) in [6, 6.07) is 0.979. The van der Waals surface area contributed by atoms with Gasteiger partial charge in [-0.1, -0.05) is 32.1 Å². The van der Waals surface area contributed by atoms with Crippen molar-refractivity contribution in [3.05, 3.63) is 0 Å². The molecule has 0 aliphatic heterocycles. The van der Waals surface area contributed by atoms with Gasteiger partial charge < -0.3 is 16.2 Å². The van der Waals surface area contributed by atoms with Gasteiger partial charge in [0.05, 0.1) is 0 Å². The Kier molecular flexibility index (Phi) is 5.93. The highest BCUT2D eigenvalue weighted by Crippen LogP contribution is 2.29. The Hall–Kier alpha value is -0.120. The molecule has 2 aliphatic carbocycles. The number of aliphatic hydroxyl groups excluding tert-OH is 1. The molecule has 2 rings (SSSR count). The summed E-state index contributed by atoms with van der Waals surface area (Å²) in [5, 5.41) is 13.2. The zero-order valence-corrected chi connectivity index (χ0v) is 11.6. The van der Waals surface area contributed by atoms with Crippen LogP contribution < -0.4 is 11.1 Å². The summed E-state index contributed by atoms with van der Waals surface area (Å²) >= 11 is 0. The highest BCUT2D eigenvalue weighted by atomic mass is 16.3. The first-order chi connectivity index (χ1) is 8.85. The van der Waals surface area contributed by atoms with Crippen LogP contribution in [0.4, 0.5) is 0 Å². The molecule has 3 heteroatoms. The number of hydrogen-bond donors (Lipinski definition) is 3. The van der Waals surface area contributed by atoms with E-state index in [4.69, 9.17) is 5.73 Å². The molecular formula is C15H30N2O. The van der Waals surface area contributed by atoms with Gasteiger partial charge in [0.2, 0.25) is 0 Å². The Bertz CT molecular complexity index is 227. The van der Waals surface area contributed by atoms with Crippen LogP contribution in [0.2, 0.25) is 0 Å². The van der Waals surface area contributed by atoms with Gasteiger partial charge in [0.1, 0.15) is 0 Å². The molecule has 0 amide bonds. The molecule has 3 unspecified atom stereocenters. The lowest BCUT2D eigenvalue weighted by atomic mass is 9.90. The van der Waals surface area contributed by atoms with Crippen LogP contribution in [0.3, 0.4) is 0 Å². The molecule has 0 bridgehead atoms. The van der Waals surface area contributed by atoms with Crippen molar-refractivity contribution in [2.45, 2.75) is 69.9 Å². The summed E-state index contributed by atoms with van der Waals surface area (Å²) in [6.45, 7) is 1.08. The van der Waals surface area contributed by atoms with E-state index in [1.807, 2.05) is 0 Å². The Morgan fingerprint density at radius 1 is 1.00 bits per heavy atom. The first kappa shape index (κ1) is 14.3. The third kappa shape index (κ3) is 3.69. The number of nitrogens with two attached hydrogens (primary N) is 1. The van der Waals surface area contributed by atoms with Crippen LogP contribution in [0.25, 0.3) is 0 Å². The van der Waals surface area contributed by atoms with Crippen LogP contribution >= 0.6 is 0 Å². The fraction of sp³-hybridized carbons (Fsp3) is 1.00. The molecule has 106 valence electrons. The molecule has 0 saturated heterocycles. The van der Waals surface area contributed by atoms with E-state index in [9.17, 15) is 5.11 Å². The van der Waals surface area contributed by atoms with E-state index in [1.165, 1.54) is 57.8 Å². The maximum Gasteiger partial charge on any atom is 0.0474 e. The second-order valence-electron chi connectivity index (χ2n) is 6.24. The summed E-state index contributed by atoms with van der Waals surface area (Å²) in [5.41, 5.74) is 5.99. The Morgan fingerprint density at radius 2 is 1.72 bits per heavy atom. The van der Waals surface area contributed by atoms with E-state index in [0.29, 0.717) is 24.6 Å². The summed E-state index contributed by atoms with van der Waals surface area (Å²) in [6.07, 6.45) is 11.9. The predicted octanol–water partition coefficient (Wildman–Crippen LogP) is 2.03. The van der Waals surface area contributed by atoms with Gasteiger partial charge in [-0.05, 0) is 37.5 Å². The second-order valence-corrected chi connectivity index (χ2v) is 6.24. The lowest BCUT2D eigenvalue weighted by Gasteiger charge is -2.31. The van der Waals surface area contributed by atoms with Gasteiger partial charge in [0.25, 0.3) is 0 Å². The Labute approximate surface area is 112 Å². The fourth-order valence-corrected chi connectivity index (χ4v) is 3.86. The minimum atomic E-state index is 0.333. The molecule has 3 atom stereocenters. The molecule has 0 aromatic heterocycles. The minimum absolute atomic E-state index is 0.333. The van der Waals surface area contributed by atoms with E-state index >= 15 is 0 Å². The third-order valence-electron chi connectivity index (χ3n) is 5.04. The van der Waals surface area contributed by atoms with Gasteiger partial charge in [-0.15, -0.1) is 0 Å². The fourth-order valence-electron chi connectivity index (χ4n) is 3.86. The molecule has 4 N–H and O–H groups in total. The van der Waals surface area contributed by atoms with Crippen molar-refractivity contribution in [3.8, 4) is 0 Å². The van der Waals surface area contributed by atoms with Crippen molar-refractivity contribution >= 4 is 0 Å². The highest BCUT2D eigenvalue weighted by Gasteiger charge is 2.30. The van der Waals surface area contributed by atoms with Crippen molar-refractivity contribution in [1.29, 1.82) is 0 Å². The summed E-state index contributed by atoms with van der Waals surface area (Å²) < 4.78 is 0. The van der Waals surface area contributed by atoms with Gasteiger partial charge in [-0.2, -0.15) is 0 Å². The number of nitrogens with one attached hydrogen (secondary N) is 1. The lowest BCUT2D eigenvalue weighted by Crippen LogP contribution is -2.49. The van der Waals surface area contributed by atoms with Crippen LogP contribution in [0, 0.1) is 11.8 Å². The average molecular weight is 254 g/mol. The second kappa shape index (κ2) is 7.46. The van der Waals surface area contributed by atoms with Crippen LogP contribution in [-0.4, -0.2) is 30.3 Å². The minimum Gasteiger partial charge on any atom is -0.396 e. The standard InChI is InChI=1S/C15H30N2O/c16-10-15(12-6-3-1-2-4-7-12)17-14-9-5-8-13(14)11-18/h12-15,17-18H,1-11,16H2. The number of hydrogen-bond acceptors (Lipinski definition) is 3. The lowest BCUT2D eigenvalue weighted by molar-refractivity contribution is 0.188. The Morgan fingerprint density at radius 3 is 2.33 bits per heavy atom. The SMILES string of the molecule is NCC(NC1CCCC1CO)C1CCCCCC1. The van der Waals surface area contributed by atoms with E-state index in [-0.39, 0.29) is 0 Å². The van der Waals surface area contributed by atoms with Crippen molar-refractivity contribution in [1.82, 2.24) is 5.32 Å². The number of aliphatic hydroxyl groups is 1. The monoisotopic (exact) mass is 254 g/mol. The predicted molar refractivity (Wildman–Crippen MR) is 75.4 cm³/mol. The van der Waals surface area contributed by atoms with Gasteiger partial charge >= 0.3 is 0 Å². The smallest absolute Gasteiger partial charge is 0.0474 e. The first-order valence-electron chi connectivity index (χ1n) is 7.92. The van der Waals surface area contributed by atoms with Crippen molar-refractivity contribution < 1.29 is 5.11 Å². The molecule has 0 aromatic carbocycles. The van der Waals surface area contributed by atoms with Crippen LogP contribution in [0.1, 0.15) is 57.8 Å². The van der Waals surface area contributed by atoms with Crippen molar-refractivity contribution in [2.75, 3.05) is 13.2 Å². The van der Waals surface area contributed by atoms with E-state index in [0.717, 1.165) is 12.5 Å². The summed E-state index contributed by atoms with van der Waals surface area (Å²) in [4.78, 5) is 0. The molecule has 18 heavy (non-hydrogen) atoms. The normalized spacial score (nSPS) is 32.3. The largest absolute Gasteiger partial charge is 0.396 e. The molecule has 2 saturated carbocycles. The van der Waals surface area contributed by atoms with Gasteiger partial charge in [-0.3, -0.25) is 0 Å². The van der Waals surface area contributed by atoms with Crippen LogP contribution in [0.15, 0.2) is 0 Å². The van der Waals surface area contributed by atoms with Gasteiger partial charge in [0.15, 0.2) is 0 Å². The maximum atomic E-state index is 9.41. The van der Waals surface area contributed by atoms with Crippen LogP contribution in [-0.2, 0) is 0 Å². The van der Waals surface area contributed by atoms with Gasteiger partial charge in [0, 0.05) is 25.2 Å². The van der Waals surface area contributed by atoms with Crippen LogP contribution in [0.5, 0.6) is 0 Å². The zero-order valence-electron chi connectivity index (χ0n) is 11.6. The van der Waals surface area contributed by atoms with Crippen molar-refractivity contribution in [3.63, 3.8) is 0 Å². The molecule has 0 spiro atoms. The molecule has 3 nitrogen and oxygen atoms in total. The molecular weight excluding hydrogens is 224 g/mol. The zero-order chi connectivity index (χ0) is 12.8. The molecule has 0 aromatic rings. The first-order valence-corrected chi connectivity index (χ1v) is 7.92. The van der Waals surface area contributed by atoms with E-state index in [1.54, 1.807) is 0 Å². The molecule has 0 radical (unpaired) electrons. The third-order valence-corrected chi connectivity index (χ3v) is 5.04. The Balaban J connectivity index is 1.87. The quantitative estimate of drug-likeness (QED) is 0.658. The topological polar surface area (TPSA) is 58.3 Å². The maximum absolute atomic E-state index is 9.41. The highest BCUT2D eigenvalue weighted by molar-refractivity contribution is 4.88. The average Bonchev–Trinajstić information content (AvgIpc) is 2.67. The molecule has 0 heterocycles. The summed E-state index contributed by atoms with van der Waals surface area (Å²) in [5.74, 6) is 1.22.